The van der Waals surface area contributed by atoms with Gasteiger partial charge in [0.2, 0.25) is 0 Å². The van der Waals surface area contributed by atoms with Crippen molar-refractivity contribution in [3.05, 3.63) is 47.5 Å². The highest BCUT2D eigenvalue weighted by Gasteiger charge is 2.60. The fraction of sp³-hybridized carbons (Fsp3) is 0.500. The number of hydrogen-bond acceptors (Lipinski definition) is 7. The lowest BCUT2D eigenvalue weighted by molar-refractivity contribution is -0.138. The third-order valence-electron chi connectivity index (χ3n) is 7.55. The SMILES string of the molecule is N#Cc1ncc(N2C(=O)C3(CCC3)N(c3ccc(OCCCN4CCCC4)c(F)c3)C2S)cc1C(F)(F)F. The molecule has 1 aliphatic carbocycles. The Kier molecular flexibility index (Phi) is 7.17. The van der Waals surface area contributed by atoms with E-state index in [4.69, 9.17) is 10.00 Å². The number of nitrogens with zero attached hydrogens (tertiary/aromatic N) is 5. The van der Waals surface area contributed by atoms with E-state index >= 15 is 4.39 Å². The number of anilines is 2. The van der Waals surface area contributed by atoms with Gasteiger partial charge in [0.25, 0.3) is 5.91 Å². The first-order valence-electron chi connectivity index (χ1n) is 12.6. The molecule has 12 heteroatoms. The number of pyridine rings is 1. The van der Waals surface area contributed by atoms with Crippen LogP contribution in [0.5, 0.6) is 5.75 Å². The zero-order valence-corrected chi connectivity index (χ0v) is 21.4. The number of alkyl halides is 3. The number of nitriles is 1. The summed E-state index contributed by atoms with van der Waals surface area (Å²) in [6.45, 7) is 3.43. The highest BCUT2D eigenvalue weighted by molar-refractivity contribution is 7.81. The number of amides is 1. The van der Waals surface area contributed by atoms with Crippen molar-refractivity contribution in [2.75, 3.05) is 36.0 Å². The van der Waals surface area contributed by atoms with E-state index in [0.717, 1.165) is 49.6 Å². The molecule has 2 aliphatic heterocycles. The van der Waals surface area contributed by atoms with Gasteiger partial charge < -0.3 is 14.5 Å². The van der Waals surface area contributed by atoms with Gasteiger partial charge in [0.15, 0.2) is 22.8 Å². The van der Waals surface area contributed by atoms with Gasteiger partial charge in [0.05, 0.1) is 24.1 Å². The molecule has 0 radical (unpaired) electrons. The van der Waals surface area contributed by atoms with Gasteiger partial charge in [-0.15, -0.1) is 12.6 Å². The van der Waals surface area contributed by atoms with Crippen LogP contribution < -0.4 is 14.5 Å². The molecule has 1 atom stereocenters. The van der Waals surface area contributed by atoms with Crippen molar-refractivity contribution in [3.63, 3.8) is 0 Å². The second kappa shape index (κ2) is 10.3. The van der Waals surface area contributed by atoms with E-state index < -0.39 is 40.2 Å². The van der Waals surface area contributed by atoms with E-state index in [2.05, 4.69) is 22.5 Å². The van der Waals surface area contributed by atoms with Crippen molar-refractivity contribution in [2.24, 2.45) is 0 Å². The predicted octanol–water partition coefficient (Wildman–Crippen LogP) is 4.97. The van der Waals surface area contributed by atoms with E-state index in [1.807, 2.05) is 0 Å². The van der Waals surface area contributed by atoms with E-state index in [-0.39, 0.29) is 11.4 Å². The summed E-state index contributed by atoms with van der Waals surface area (Å²) in [7, 11) is 0. The smallest absolute Gasteiger partial charge is 0.419 e. The summed E-state index contributed by atoms with van der Waals surface area (Å²) in [5.41, 5.74) is -3.83. The molecule has 0 N–H and O–H groups in total. The molecule has 2 saturated heterocycles. The van der Waals surface area contributed by atoms with Crippen LogP contribution in [0.2, 0.25) is 0 Å². The summed E-state index contributed by atoms with van der Waals surface area (Å²) in [6, 6.07) is 6.59. The van der Waals surface area contributed by atoms with Crippen LogP contribution in [0.1, 0.15) is 49.8 Å². The maximum absolute atomic E-state index is 15.1. The highest BCUT2D eigenvalue weighted by Crippen LogP contribution is 2.50. The van der Waals surface area contributed by atoms with Crippen LogP contribution in [0.25, 0.3) is 0 Å². The number of hydrogen-bond donors (Lipinski definition) is 1. The minimum absolute atomic E-state index is 0.0991. The molecule has 5 rings (SSSR count). The van der Waals surface area contributed by atoms with Crippen LogP contribution in [0.4, 0.5) is 28.9 Å². The fourth-order valence-corrected chi connectivity index (χ4v) is 6.08. The van der Waals surface area contributed by atoms with Crippen LogP contribution in [0.15, 0.2) is 30.5 Å². The normalized spacial score (nSPS) is 21.2. The van der Waals surface area contributed by atoms with Crippen LogP contribution in [-0.2, 0) is 11.0 Å². The van der Waals surface area contributed by atoms with Crippen molar-refractivity contribution >= 4 is 29.9 Å². The van der Waals surface area contributed by atoms with Crippen molar-refractivity contribution < 1.29 is 27.1 Å². The monoisotopic (exact) mass is 549 g/mol. The summed E-state index contributed by atoms with van der Waals surface area (Å²) in [5.74, 6) is -0.933. The zero-order chi connectivity index (χ0) is 27.1. The Morgan fingerprint density at radius 2 is 1.89 bits per heavy atom. The lowest BCUT2D eigenvalue weighted by Crippen LogP contribution is -2.55. The molecule has 1 unspecified atom stereocenters. The van der Waals surface area contributed by atoms with Gasteiger partial charge in [-0.1, -0.05) is 0 Å². The van der Waals surface area contributed by atoms with Gasteiger partial charge in [0.1, 0.15) is 11.6 Å². The summed E-state index contributed by atoms with van der Waals surface area (Å²) in [4.78, 5) is 22.4. The maximum Gasteiger partial charge on any atom is 0.419 e. The Hall–Kier alpha value is -3.04. The zero-order valence-electron chi connectivity index (χ0n) is 20.5. The number of carbonyl (C=O) groups is 1. The number of halogens is 4. The van der Waals surface area contributed by atoms with Gasteiger partial charge in [0, 0.05) is 18.3 Å². The number of carbonyl (C=O) groups excluding carboxylic acids is 1. The average Bonchev–Trinajstić information content (AvgIpc) is 3.45. The third-order valence-corrected chi connectivity index (χ3v) is 8.01. The van der Waals surface area contributed by atoms with Gasteiger partial charge in [-0.2, -0.15) is 18.4 Å². The van der Waals surface area contributed by atoms with Gasteiger partial charge in [-0.3, -0.25) is 9.69 Å². The molecular weight excluding hydrogens is 522 g/mol. The minimum atomic E-state index is -4.83. The van der Waals surface area contributed by atoms with E-state index in [9.17, 15) is 18.0 Å². The summed E-state index contributed by atoms with van der Waals surface area (Å²) in [5, 5.41) is 9.06. The van der Waals surface area contributed by atoms with Crippen LogP contribution in [0.3, 0.4) is 0 Å². The number of rotatable bonds is 7. The van der Waals surface area contributed by atoms with Crippen molar-refractivity contribution in [2.45, 2.75) is 55.7 Å². The number of aromatic nitrogens is 1. The Morgan fingerprint density at radius 3 is 2.50 bits per heavy atom. The molecule has 38 heavy (non-hydrogen) atoms. The first-order chi connectivity index (χ1) is 18.2. The van der Waals surface area contributed by atoms with Crippen LogP contribution in [0, 0.1) is 17.1 Å². The van der Waals surface area contributed by atoms with E-state index in [1.165, 1.54) is 31.0 Å². The molecule has 3 heterocycles. The Labute approximate surface area is 223 Å². The first kappa shape index (κ1) is 26.6. The van der Waals surface area contributed by atoms with Crippen LogP contribution in [-0.4, -0.2) is 53.1 Å². The minimum Gasteiger partial charge on any atom is -0.490 e. The number of likely N-dealkylation sites (tertiary alicyclic amines) is 1. The van der Waals surface area contributed by atoms with Crippen molar-refractivity contribution in [1.82, 2.24) is 9.88 Å². The second-order valence-corrected chi connectivity index (χ2v) is 10.3. The number of benzene rings is 1. The molecule has 1 aromatic heterocycles. The molecule has 3 aliphatic rings. The van der Waals surface area contributed by atoms with Crippen molar-refractivity contribution in [1.29, 1.82) is 5.26 Å². The second-order valence-electron chi connectivity index (χ2n) is 9.84. The molecule has 1 aromatic carbocycles. The summed E-state index contributed by atoms with van der Waals surface area (Å²) >= 11 is 4.59. The molecule has 7 nitrogen and oxygen atoms in total. The van der Waals surface area contributed by atoms with E-state index in [1.54, 1.807) is 11.0 Å². The maximum atomic E-state index is 15.1. The molecule has 1 spiro atoms. The topological polar surface area (TPSA) is 72.7 Å². The number of ether oxygens (including phenoxy) is 1. The largest absolute Gasteiger partial charge is 0.490 e. The molecular formula is C26H27F4N5O2S. The average molecular weight is 550 g/mol. The predicted molar refractivity (Wildman–Crippen MR) is 135 cm³/mol. The molecule has 3 fully saturated rings. The molecule has 0 bridgehead atoms. The Bertz CT molecular complexity index is 1260. The van der Waals surface area contributed by atoms with E-state index in [0.29, 0.717) is 25.1 Å². The van der Waals surface area contributed by atoms with Gasteiger partial charge in [-0.05, 0) is 69.8 Å². The molecule has 1 amide bonds. The highest BCUT2D eigenvalue weighted by atomic mass is 32.1. The quantitative estimate of drug-likeness (QED) is 0.299. The lowest BCUT2D eigenvalue weighted by atomic mass is 9.75. The van der Waals surface area contributed by atoms with Crippen LogP contribution >= 0.6 is 12.6 Å². The lowest BCUT2D eigenvalue weighted by Gasteiger charge is -2.44. The Morgan fingerprint density at radius 1 is 1.16 bits per heavy atom. The standard InChI is InChI=1S/C26H27F4N5O2S/c27-20-14-17(5-6-22(20)37-12-4-11-33-9-1-2-10-33)35-24(38)34(23(36)25(35)7-3-8-25)18-13-19(26(28,29)30)21(15-31)32-16-18/h5-6,13-14,16,24,38H,1-4,7-12H2. The molecule has 1 saturated carbocycles. The fourth-order valence-electron chi connectivity index (χ4n) is 5.49. The van der Waals surface area contributed by atoms with Crippen molar-refractivity contribution in [3.8, 4) is 11.8 Å². The number of thiol groups is 1. The molecule has 202 valence electrons. The summed E-state index contributed by atoms with van der Waals surface area (Å²) in [6.07, 6.45) is 1.04. The van der Waals surface area contributed by atoms with Gasteiger partial charge >= 0.3 is 6.18 Å². The third kappa shape index (κ3) is 4.66. The van der Waals surface area contributed by atoms with Gasteiger partial charge in [-0.25, -0.2) is 9.37 Å². The first-order valence-corrected chi connectivity index (χ1v) is 13.1. The Balaban J connectivity index is 1.38. The molecule has 2 aromatic rings. The summed E-state index contributed by atoms with van der Waals surface area (Å²) < 4.78 is 61.4.